The van der Waals surface area contributed by atoms with Crippen molar-refractivity contribution in [2.24, 2.45) is 0 Å². The van der Waals surface area contributed by atoms with Crippen molar-refractivity contribution in [1.82, 2.24) is 9.78 Å². The van der Waals surface area contributed by atoms with Gasteiger partial charge in [-0.3, -0.25) is 4.79 Å². The van der Waals surface area contributed by atoms with Crippen LogP contribution in [-0.4, -0.2) is 15.7 Å². The van der Waals surface area contributed by atoms with Crippen LogP contribution >= 0.6 is 11.6 Å². The second-order valence-electron chi connectivity index (χ2n) is 5.82. The average molecular weight is 376 g/mol. The Morgan fingerprint density at radius 2 is 1.96 bits per heavy atom. The SMILES string of the molecule is Cc1cc(C)c(NC(=O)Cn2nc(-c3ccc(F)cc3)oc2=O)c(Cl)c1. The Morgan fingerprint density at radius 1 is 1.27 bits per heavy atom. The lowest BCUT2D eigenvalue weighted by atomic mass is 10.1. The Balaban J connectivity index is 1.78. The molecule has 3 aromatic rings. The summed E-state index contributed by atoms with van der Waals surface area (Å²) in [7, 11) is 0. The van der Waals surface area contributed by atoms with Gasteiger partial charge in [-0.05, 0) is 55.3 Å². The second kappa shape index (κ2) is 7.13. The van der Waals surface area contributed by atoms with Crippen molar-refractivity contribution in [1.29, 1.82) is 0 Å². The van der Waals surface area contributed by atoms with Crippen LogP contribution in [0.2, 0.25) is 5.02 Å². The van der Waals surface area contributed by atoms with Gasteiger partial charge >= 0.3 is 5.76 Å². The number of amides is 1. The third-order valence-electron chi connectivity index (χ3n) is 3.69. The third kappa shape index (κ3) is 3.83. The summed E-state index contributed by atoms with van der Waals surface area (Å²) in [5.41, 5.74) is 2.70. The third-order valence-corrected chi connectivity index (χ3v) is 3.99. The lowest BCUT2D eigenvalue weighted by Crippen LogP contribution is -2.26. The highest BCUT2D eigenvalue weighted by Crippen LogP contribution is 2.27. The van der Waals surface area contributed by atoms with E-state index in [9.17, 15) is 14.0 Å². The molecule has 134 valence electrons. The van der Waals surface area contributed by atoms with E-state index < -0.39 is 17.5 Å². The fourth-order valence-electron chi connectivity index (χ4n) is 2.50. The second-order valence-corrected chi connectivity index (χ2v) is 6.23. The van der Waals surface area contributed by atoms with Crippen molar-refractivity contribution < 1.29 is 13.6 Å². The van der Waals surface area contributed by atoms with Crippen molar-refractivity contribution in [3.63, 3.8) is 0 Å². The van der Waals surface area contributed by atoms with E-state index in [1.165, 1.54) is 24.3 Å². The predicted molar refractivity (Wildman–Crippen MR) is 95.7 cm³/mol. The van der Waals surface area contributed by atoms with Crippen molar-refractivity contribution in [3.8, 4) is 11.5 Å². The first-order chi connectivity index (χ1) is 12.3. The standard InChI is InChI=1S/C18H15ClFN3O3/c1-10-7-11(2)16(14(19)8-10)21-15(24)9-23-18(25)26-17(22-23)12-3-5-13(20)6-4-12/h3-8H,9H2,1-2H3,(H,21,24). The minimum absolute atomic E-state index is 0.00680. The number of hydrogen-bond acceptors (Lipinski definition) is 4. The molecule has 0 radical (unpaired) electrons. The number of nitrogens with one attached hydrogen (secondary N) is 1. The molecule has 1 amide bonds. The molecule has 8 heteroatoms. The van der Waals surface area contributed by atoms with Crippen LogP contribution in [0.4, 0.5) is 10.1 Å². The van der Waals surface area contributed by atoms with Gasteiger partial charge in [0.25, 0.3) is 0 Å². The molecule has 0 aliphatic carbocycles. The Labute approximate surface area is 153 Å². The summed E-state index contributed by atoms with van der Waals surface area (Å²) in [5, 5.41) is 7.06. The topological polar surface area (TPSA) is 77.1 Å². The number of aryl methyl sites for hydroxylation is 2. The Bertz CT molecular complexity index is 1000. The van der Waals surface area contributed by atoms with Crippen LogP contribution in [0.15, 0.2) is 45.6 Å². The van der Waals surface area contributed by atoms with Crippen molar-refractivity contribution in [2.75, 3.05) is 5.32 Å². The summed E-state index contributed by atoms with van der Waals surface area (Å²) in [6, 6.07) is 8.93. The molecule has 1 heterocycles. The molecule has 0 unspecified atom stereocenters. The molecule has 1 aromatic heterocycles. The van der Waals surface area contributed by atoms with E-state index >= 15 is 0 Å². The monoisotopic (exact) mass is 375 g/mol. The normalized spacial score (nSPS) is 10.8. The molecule has 26 heavy (non-hydrogen) atoms. The summed E-state index contributed by atoms with van der Waals surface area (Å²) in [4.78, 5) is 24.2. The molecule has 0 saturated heterocycles. The van der Waals surface area contributed by atoms with Gasteiger partial charge in [0.2, 0.25) is 11.8 Å². The summed E-state index contributed by atoms with van der Waals surface area (Å²) in [5.74, 6) is -1.67. The molecule has 0 spiro atoms. The first-order valence-electron chi connectivity index (χ1n) is 7.74. The fourth-order valence-corrected chi connectivity index (χ4v) is 2.87. The van der Waals surface area contributed by atoms with Gasteiger partial charge in [-0.1, -0.05) is 17.7 Å². The maximum atomic E-state index is 13.0. The van der Waals surface area contributed by atoms with Crippen molar-refractivity contribution >= 4 is 23.2 Å². The van der Waals surface area contributed by atoms with E-state index in [-0.39, 0.29) is 12.4 Å². The van der Waals surface area contributed by atoms with Gasteiger partial charge < -0.3 is 9.73 Å². The molecule has 0 fully saturated rings. The predicted octanol–water partition coefficient (Wildman–Crippen LogP) is 3.55. The van der Waals surface area contributed by atoms with Crippen LogP contribution < -0.4 is 11.1 Å². The van der Waals surface area contributed by atoms with Crippen LogP contribution in [-0.2, 0) is 11.3 Å². The van der Waals surface area contributed by atoms with Gasteiger partial charge in [0, 0.05) is 5.56 Å². The molecular formula is C18H15ClFN3O3. The zero-order valence-electron chi connectivity index (χ0n) is 14.0. The highest BCUT2D eigenvalue weighted by molar-refractivity contribution is 6.34. The summed E-state index contributed by atoms with van der Waals surface area (Å²) >= 11 is 6.16. The minimum atomic E-state index is -0.786. The lowest BCUT2D eigenvalue weighted by Gasteiger charge is -2.11. The number of benzene rings is 2. The molecule has 6 nitrogen and oxygen atoms in total. The largest absolute Gasteiger partial charge is 0.437 e. The van der Waals surface area contributed by atoms with Gasteiger partial charge in [0.15, 0.2) is 0 Å². The number of carbonyl (C=O) groups excluding carboxylic acids is 1. The fraction of sp³-hybridized carbons (Fsp3) is 0.167. The first kappa shape index (κ1) is 17.9. The van der Waals surface area contributed by atoms with E-state index in [2.05, 4.69) is 10.4 Å². The lowest BCUT2D eigenvalue weighted by molar-refractivity contribution is -0.117. The molecule has 0 atom stereocenters. The smallest absolute Gasteiger partial charge is 0.388 e. The molecule has 0 bridgehead atoms. The molecular weight excluding hydrogens is 361 g/mol. The molecule has 0 aliphatic rings. The Morgan fingerprint density at radius 3 is 2.62 bits per heavy atom. The van der Waals surface area contributed by atoms with E-state index in [4.69, 9.17) is 16.0 Å². The summed E-state index contributed by atoms with van der Waals surface area (Å²) in [6.45, 7) is 3.38. The van der Waals surface area contributed by atoms with Gasteiger partial charge in [0.05, 0.1) is 10.7 Å². The van der Waals surface area contributed by atoms with Gasteiger partial charge in [-0.25, -0.2) is 9.18 Å². The summed E-state index contributed by atoms with van der Waals surface area (Å²) in [6.07, 6.45) is 0. The van der Waals surface area contributed by atoms with Crippen molar-refractivity contribution in [2.45, 2.75) is 20.4 Å². The number of nitrogens with zero attached hydrogens (tertiary/aromatic N) is 2. The zero-order chi connectivity index (χ0) is 18.8. The van der Waals surface area contributed by atoms with Crippen LogP contribution in [0, 0.1) is 19.7 Å². The zero-order valence-corrected chi connectivity index (χ0v) is 14.8. The minimum Gasteiger partial charge on any atom is -0.388 e. The summed E-state index contributed by atoms with van der Waals surface area (Å²) < 4.78 is 18.9. The Hall–Kier alpha value is -2.93. The molecule has 0 aliphatic heterocycles. The van der Waals surface area contributed by atoms with Crippen LogP contribution in [0.3, 0.4) is 0 Å². The van der Waals surface area contributed by atoms with Crippen LogP contribution in [0.25, 0.3) is 11.5 Å². The highest BCUT2D eigenvalue weighted by Gasteiger charge is 2.15. The first-order valence-corrected chi connectivity index (χ1v) is 8.12. The number of hydrogen-bond donors (Lipinski definition) is 1. The highest BCUT2D eigenvalue weighted by atomic mass is 35.5. The van der Waals surface area contributed by atoms with Crippen LogP contribution in [0.5, 0.6) is 0 Å². The maximum absolute atomic E-state index is 13.0. The number of halogens is 2. The molecule has 1 N–H and O–H groups in total. The van der Waals surface area contributed by atoms with Gasteiger partial charge in [-0.2, -0.15) is 4.68 Å². The number of anilines is 1. The van der Waals surface area contributed by atoms with Gasteiger partial charge in [-0.15, -0.1) is 5.10 Å². The van der Waals surface area contributed by atoms with E-state index in [1.54, 1.807) is 6.07 Å². The number of carbonyl (C=O) groups is 1. The van der Waals surface area contributed by atoms with E-state index in [1.807, 2.05) is 19.9 Å². The molecule has 2 aromatic carbocycles. The van der Waals surface area contributed by atoms with Crippen LogP contribution in [0.1, 0.15) is 11.1 Å². The quantitative estimate of drug-likeness (QED) is 0.756. The maximum Gasteiger partial charge on any atom is 0.437 e. The molecule has 0 saturated carbocycles. The van der Waals surface area contributed by atoms with Crippen molar-refractivity contribution in [3.05, 3.63) is 68.9 Å². The Kier molecular flexibility index (Phi) is 4.90. The number of rotatable bonds is 4. The van der Waals surface area contributed by atoms with Gasteiger partial charge in [0.1, 0.15) is 12.4 Å². The van der Waals surface area contributed by atoms with E-state index in [0.29, 0.717) is 16.3 Å². The molecule has 3 rings (SSSR count). The van der Waals surface area contributed by atoms with E-state index in [0.717, 1.165) is 15.8 Å². The number of aromatic nitrogens is 2. The average Bonchev–Trinajstić information content (AvgIpc) is 2.92.